The maximum atomic E-state index is 12.6. The zero-order valence-corrected chi connectivity index (χ0v) is 12.9. The number of nitrogen functional groups attached to an aromatic ring is 1. The molecule has 3 rings (SSSR count). The first kappa shape index (κ1) is 14.3. The van der Waals surface area contributed by atoms with Crippen molar-refractivity contribution >= 4 is 11.7 Å². The topological polar surface area (TPSA) is 72.1 Å². The van der Waals surface area contributed by atoms with Crippen LogP contribution in [0.4, 0.5) is 5.82 Å². The lowest BCUT2D eigenvalue weighted by Gasteiger charge is -2.38. The molecule has 1 amide bonds. The van der Waals surface area contributed by atoms with Gasteiger partial charge in [-0.2, -0.15) is 0 Å². The molecule has 5 nitrogen and oxygen atoms in total. The average molecular weight is 288 g/mol. The number of amides is 1. The van der Waals surface area contributed by atoms with Gasteiger partial charge in [0.15, 0.2) is 0 Å². The van der Waals surface area contributed by atoms with Crippen LogP contribution < -0.4 is 5.73 Å². The molecule has 2 aliphatic rings. The van der Waals surface area contributed by atoms with Gasteiger partial charge in [-0.3, -0.25) is 4.79 Å². The summed E-state index contributed by atoms with van der Waals surface area (Å²) in [6.07, 6.45) is 7.15. The smallest absolute Gasteiger partial charge is 0.259 e. The van der Waals surface area contributed by atoms with E-state index in [4.69, 9.17) is 5.73 Å². The van der Waals surface area contributed by atoms with Crippen LogP contribution in [0, 0.1) is 5.41 Å². The molecule has 0 atom stereocenters. The largest absolute Gasteiger partial charge is 0.383 e. The number of nitrogens with two attached hydrogens (primary N) is 1. The quantitative estimate of drug-likeness (QED) is 0.928. The van der Waals surface area contributed by atoms with E-state index in [1.165, 1.54) is 0 Å². The SMILES string of the molecule is CCC1(C)CCN(C(=O)c2cnc(C3CC3)nc2N)CC1. The summed E-state index contributed by atoms with van der Waals surface area (Å²) in [4.78, 5) is 23.1. The van der Waals surface area contributed by atoms with E-state index in [0.29, 0.717) is 22.7 Å². The van der Waals surface area contributed by atoms with Crippen LogP contribution in [0.1, 0.15) is 68.1 Å². The minimum Gasteiger partial charge on any atom is -0.383 e. The van der Waals surface area contributed by atoms with Crippen molar-refractivity contribution in [3.05, 3.63) is 17.6 Å². The third-order valence-corrected chi connectivity index (χ3v) is 5.12. The summed E-state index contributed by atoms with van der Waals surface area (Å²) in [5.74, 6) is 1.56. The van der Waals surface area contributed by atoms with Gasteiger partial charge >= 0.3 is 0 Å². The molecule has 0 spiro atoms. The number of carbonyl (C=O) groups is 1. The molecule has 2 N–H and O–H groups in total. The van der Waals surface area contributed by atoms with Gasteiger partial charge < -0.3 is 10.6 Å². The van der Waals surface area contributed by atoms with Crippen LogP contribution in [0.2, 0.25) is 0 Å². The van der Waals surface area contributed by atoms with Crippen LogP contribution in [0.15, 0.2) is 6.20 Å². The lowest BCUT2D eigenvalue weighted by molar-refractivity contribution is 0.0600. The van der Waals surface area contributed by atoms with Crippen LogP contribution in [0.5, 0.6) is 0 Å². The fraction of sp³-hybridized carbons (Fsp3) is 0.688. The Bertz CT molecular complexity index is 545. The Balaban J connectivity index is 1.71. The normalized spacial score (nSPS) is 21.3. The van der Waals surface area contributed by atoms with Gasteiger partial charge in [-0.25, -0.2) is 9.97 Å². The van der Waals surface area contributed by atoms with Crippen molar-refractivity contribution in [3.8, 4) is 0 Å². The molecule has 1 aromatic rings. The maximum absolute atomic E-state index is 12.6. The number of rotatable bonds is 3. The van der Waals surface area contributed by atoms with Crippen LogP contribution in [0.3, 0.4) is 0 Å². The van der Waals surface area contributed by atoms with Crippen molar-refractivity contribution in [1.82, 2.24) is 14.9 Å². The highest BCUT2D eigenvalue weighted by molar-refractivity contribution is 5.98. The van der Waals surface area contributed by atoms with E-state index < -0.39 is 0 Å². The molecule has 1 aliphatic carbocycles. The zero-order chi connectivity index (χ0) is 15.0. The molecule has 0 bridgehead atoms. The van der Waals surface area contributed by atoms with E-state index in [1.807, 2.05) is 4.90 Å². The minimum absolute atomic E-state index is 0.0204. The summed E-state index contributed by atoms with van der Waals surface area (Å²) in [5, 5.41) is 0. The Morgan fingerprint density at radius 2 is 2.10 bits per heavy atom. The maximum Gasteiger partial charge on any atom is 0.259 e. The van der Waals surface area contributed by atoms with E-state index >= 15 is 0 Å². The Hall–Kier alpha value is -1.65. The molecule has 1 saturated carbocycles. The Morgan fingerprint density at radius 1 is 1.43 bits per heavy atom. The van der Waals surface area contributed by atoms with E-state index in [0.717, 1.165) is 51.0 Å². The Kier molecular flexibility index (Phi) is 3.59. The van der Waals surface area contributed by atoms with Crippen molar-refractivity contribution in [2.45, 2.75) is 51.9 Å². The van der Waals surface area contributed by atoms with E-state index in [-0.39, 0.29) is 5.91 Å². The Labute approximate surface area is 125 Å². The third kappa shape index (κ3) is 2.87. The fourth-order valence-corrected chi connectivity index (χ4v) is 2.89. The zero-order valence-electron chi connectivity index (χ0n) is 12.9. The van der Waals surface area contributed by atoms with Crippen molar-refractivity contribution in [2.75, 3.05) is 18.8 Å². The molecule has 1 aromatic heterocycles. The number of piperidine rings is 1. The summed E-state index contributed by atoms with van der Waals surface area (Å²) >= 11 is 0. The predicted molar refractivity (Wildman–Crippen MR) is 82.0 cm³/mol. The molecule has 0 unspecified atom stereocenters. The van der Waals surface area contributed by atoms with Gasteiger partial charge in [0, 0.05) is 25.2 Å². The van der Waals surface area contributed by atoms with E-state index in [9.17, 15) is 4.79 Å². The van der Waals surface area contributed by atoms with Crippen LogP contribution in [-0.2, 0) is 0 Å². The molecule has 5 heteroatoms. The molecule has 1 saturated heterocycles. The average Bonchev–Trinajstić information content (AvgIpc) is 3.32. The number of carbonyl (C=O) groups excluding carboxylic acids is 1. The highest BCUT2D eigenvalue weighted by Crippen LogP contribution is 2.38. The van der Waals surface area contributed by atoms with E-state index in [1.54, 1.807) is 6.20 Å². The second-order valence-corrected chi connectivity index (χ2v) is 6.76. The van der Waals surface area contributed by atoms with E-state index in [2.05, 4.69) is 23.8 Å². The van der Waals surface area contributed by atoms with Crippen molar-refractivity contribution < 1.29 is 4.79 Å². The van der Waals surface area contributed by atoms with Gasteiger partial charge in [-0.1, -0.05) is 20.3 Å². The molecule has 2 heterocycles. The van der Waals surface area contributed by atoms with Gasteiger partial charge in [-0.05, 0) is 31.1 Å². The standard InChI is InChI=1S/C16H24N4O/c1-3-16(2)6-8-20(9-7-16)15(21)12-10-18-14(11-4-5-11)19-13(12)17/h10-11H,3-9H2,1-2H3,(H2,17,18,19). The van der Waals surface area contributed by atoms with Gasteiger partial charge in [0.25, 0.3) is 5.91 Å². The van der Waals surface area contributed by atoms with Crippen molar-refractivity contribution in [2.24, 2.45) is 5.41 Å². The molecule has 114 valence electrons. The highest BCUT2D eigenvalue weighted by atomic mass is 16.2. The van der Waals surface area contributed by atoms with Crippen LogP contribution in [0.25, 0.3) is 0 Å². The summed E-state index contributed by atoms with van der Waals surface area (Å²) in [7, 11) is 0. The second kappa shape index (κ2) is 5.28. The molecule has 0 aromatic carbocycles. The van der Waals surface area contributed by atoms with Crippen LogP contribution >= 0.6 is 0 Å². The lowest BCUT2D eigenvalue weighted by atomic mass is 9.78. The molecule has 0 radical (unpaired) electrons. The number of likely N-dealkylation sites (tertiary alicyclic amines) is 1. The fourth-order valence-electron chi connectivity index (χ4n) is 2.89. The second-order valence-electron chi connectivity index (χ2n) is 6.76. The van der Waals surface area contributed by atoms with Gasteiger partial charge in [0.05, 0.1) is 0 Å². The number of anilines is 1. The van der Waals surface area contributed by atoms with Gasteiger partial charge in [0.1, 0.15) is 17.2 Å². The molecular formula is C16H24N4O. The molecule has 1 aliphatic heterocycles. The van der Waals surface area contributed by atoms with Crippen molar-refractivity contribution in [3.63, 3.8) is 0 Å². The van der Waals surface area contributed by atoms with Gasteiger partial charge in [-0.15, -0.1) is 0 Å². The third-order valence-electron chi connectivity index (χ3n) is 5.12. The first-order valence-electron chi connectivity index (χ1n) is 7.94. The number of aromatic nitrogens is 2. The first-order valence-corrected chi connectivity index (χ1v) is 7.94. The lowest BCUT2D eigenvalue weighted by Crippen LogP contribution is -2.42. The number of nitrogens with zero attached hydrogens (tertiary/aromatic N) is 3. The van der Waals surface area contributed by atoms with Crippen LogP contribution in [-0.4, -0.2) is 33.9 Å². The monoisotopic (exact) mass is 288 g/mol. The summed E-state index contributed by atoms with van der Waals surface area (Å²) in [6.45, 7) is 6.12. The Morgan fingerprint density at radius 3 is 2.62 bits per heavy atom. The summed E-state index contributed by atoms with van der Waals surface area (Å²) in [5.41, 5.74) is 6.80. The highest BCUT2D eigenvalue weighted by Gasteiger charge is 2.32. The number of hydrogen-bond donors (Lipinski definition) is 1. The molecule has 2 fully saturated rings. The van der Waals surface area contributed by atoms with Crippen molar-refractivity contribution in [1.29, 1.82) is 0 Å². The summed E-state index contributed by atoms with van der Waals surface area (Å²) < 4.78 is 0. The van der Waals surface area contributed by atoms with Gasteiger partial charge in [0.2, 0.25) is 0 Å². The predicted octanol–water partition coefficient (Wildman–Crippen LogP) is 2.59. The summed E-state index contributed by atoms with van der Waals surface area (Å²) in [6, 6.07) is 0. The number of hydrogen-bond acceptors (Lipinski definition) is 4. The first-order chi connectivity index (χ1) is 10.0. The minimum atomic E-state index is -0.0204. The molecular weight excluding hydrogens is 264 g/mol. The molecule has 21 heavy (non-hydrogen) atoms.